The molecule has 0 aromatic carbocycles. The molecule has 3 fully saturated rings. The lowest BCUT2D eigenvalue weighted by Gasteiger charge is -2.37. The van der Waals surface area contributed by atoms with Gasteiger partial charge in [0.2, 0.25) is 11.8 Å². The molecule has 4 rings (SSSR count). The molecular formula is C19H26N4O3. The average molecular weight is 358 g/mol. The molecule has 1 aromatic heterocycles. The van der Waals surface area contributed by atoms with E-state index in [-0.39, 0.29) is 35.9 Å². The van der Waals surface area contributed by atoms with Crippen LogP contribution in [0.1, 0.15) is 44.4 Å². The molecule has 2 amide bonds. The van der Waals surface area contributed by atoms with E-state index in [1.807, 2.05) is 24.8 Å². The second-order valence-corrected chi connectivity index (χ2v) is 7.20. The van der Waals surface area contributed by atoms with E-state index >= 15 is 0 Å². The topological polar surface area (TPSA) is 95.2 Å². The molecule has 7 heteroatoms. The zero-order chi connectivity index (χ0) is 18.8. The average Bonchev–Trinajstić information content (AvgIpc) is 3.18. The van der Waals surface area contributed by atoms with Gasteiger partial charge in [-0.3, -0.25) is 14.4 Å². The van der Waals surface area contributed by atoms with Gasteiger partial charge in [-0.2, -0.15) is 0 Å². The number of hydrogen-bond donors (Lipinski definition) is 2. The largest absolute Gasteiger partial charge is 0.347 e. The van der Waals surface area contributed by atoms with Gasteiger partial charge in [0.05, 0.1) is 18.4 Å². The first-order chi connectivity index (χ1) is 12.4. The Morgan fingerprint density at radius 2 is 2.23 bits per heavy atom. The van der Waals surface area contributed by atoms with Crippen LogP contribution in [0.2, 0.25) is 0 Å². The summed E-state index contributed by atoms with van der Waals surface area (Å²) in [6.45, 7) is 6.28. The van der Waals surface area contributed by atoms with Crippen molar-refractivity contribution in [3.63, 3.8) is 0 Å². The first-order valence-electron chi connectivity index (χ1n) is 9.22. The van der Waals surface area contributed by atoms with Gasteiger partial charge in [-0.25, -0.2) is 4.98 Å². The minimum Gasteiger partial charge on any atom is -0.347 e. The van der Waals surface area contributed by atoms with Crippen molar-refractivity contribution in [1.29, 1.82) is 0 Å². The molecule has 3 atom stereocenters. The molecule has 26 heavy (non-hydrogen) atoms. The summed E-state index contributed by atoms with van der Waals surface area (Å²) in [7, 11) is 0. The molecule has 3 unspecified atom stereocenters. The number of rotatable bonds is 6. The summed E-state index contributed by atoms with van der Waals surface area (Å²) >= 11 is 0. The molecule has 3 heterocycles. The fourth-order valence-corrected chi connectivity index (χ4v) is 3.97. The number of aromatic nitrogens is 2. The summed E-state index contributed by atoms with van der Waals surface area (Å²) < 4.78 is 0. The Bertz CT molecular complexity index is 798. The number of carbonyl (C=O) groups is 2. The molecule has 0 spiro atoms. The summed E-state index contributed by atoms with van der Waals surface area (Å²) in [5.74, 6) is 0.335. The highest BCUT2D eigenvalue weighted by molar-refractivity contribution is 5.93. The van der Waals surface area contributed by atoms with E-state index < -0.39 is 0 Å². The zero-order valence-corrected chi connectivity index (χ0v) is 15.5. The van der Waals surface area contributed by atoms with E-state index in [2.05, 4.69) is 15.3 Å². The molecule has 2 N–H and O–H groups in total. The second kappa shape index (κ2) is 7.43. The van der Waals surface area contributed by atoms with Gasteiger partial charge in [0.25, 0.3) is 5.56 Å². The molecule has 3 aliphatic rings. The predicted octanol–water partition coefficient (Wildman–Crippen LogP) is 1.08. The Kier molecular flexibility index (Phi) is 5.25. The van der Waals surface area contributed by atoms with Crippen LogP contribution in [0.3, 0.4) is 0 Å². The minimum atomic E-state index is -0.181. The fourth-order valence-electron chi connectivity index (χ4n) is 3.97. The van der Waals surface area contributed by atoms with E-state index in [0.29, 0.717) is 30.1 Å². The number of nitrogens with zero attached hydrogens (tertiary/aromatic N) is 2. The summed E-state index contributed by atoms with van der Waals surface area (Å²) in [5, 5.41) is 3.07. The predicted molar refractivity (Wildman–Crippen MR) is 97.5 cm³/mol. The zero-order valence-electron chi connectivity index (χ0n) is 15.5. The smallest absolute Gasteiger partial charge is 0.254 e. The number of aromatic amines is 1. The Balaban J connectivity index is 1.57. The van der Waals surface area contributed by atoms with Crippen molar-refractivity contribution in [2.75, 3.05) is 6.54 Å². The molecule has 1 aliphatic carbocycles. The Morgan fingerprint density at radius 3 is 2.92 bits per heavy atom. The number of hydrogen-bond acceptors (Lipinski definition) is 4. The number of allylic oxidation sites excluding steroid dienone is 1. The number of H-pyrrole nitrogens is 1. The molecule has 1 saturated carbocycles. The van der Waals surface area contributed by atoms with Crippen LogP contribution in [0.25, 0.3) is 0 Å². The number of fused-ring (bicyclic) bond motifs is 1. The molecule has 7 nitrogen and oxygen atoms in total. The number of amides is 2. The van der Waals surface area contributed by atoms with Crippen molar-refractivity contribution in [2.24, 2.45) is 5.92 Å². The highest BCUT2D eigenvalue weighted by atomic mass is 16.2. The molecule has 2 bridgehead atoms. The van der Waals surface area contributed by atoms with Gasteiger partial charge < -0.3 is 15.2 Å². The number of carbonyl (C=O) groups excluding carboxylic acids is 2. The number of nitrogens with one attached hydrogen (secondary N) is 2. The quantitative estimate of drug-likeness (QED) is 0.744. The van der Waals surface area contributed by atoms with Gasteiger partial charge in [0.1, 0.15) is 0 Å². The lowest BCUT2D eigenvalue weighted by atomic mass is 9.80. The van der Waals surface area contributed by atoms with Crippen molar-refractivity contribution in [2.45, 2.75) is 58.5 Å². The third-order valence-corrected chi connectivity index (χ3v) is 5.54. The van der Waals surface area contributed by atoms with Crippen molar-refractivity contribution in [3.05, 3.63) is 39.6 Å². The highest BCUT2D eigenvalue weighted by Crippen LogP contribution is 2.41. The van der Waals surface area contributed by atoms with Crippen molar-refractivity contribution < 1.29 is 9.59 Å². The first-order valence-corrected chi connectivity index (χ1v) is 9.22. The summed E-state index contributed by atoms with van der Waals surface area (Å²) in [6.07, 6.45) is 5.73. The molecular weight excluding hydrogens is 332 g/mol. The van der Waals surface area contributed by atoms with Gasteiger partial charge in [-0.1, -0.05) is 13.0 Å². The highest BCUT2D eigenvalue weighted by Gasteiger charge is 2.53. The maximum atomic E-state index is 12.6. The van der Waals surface area contributed by atoms with Gasteiger partial charge in [0, 0.05) is 35.7 Å². The maximum Gasteiger partial charge on any atom is 0.254 e. The van der Waals surface area contributed by atoms with Crippen LogP contribution in [0.4, 0.5) is 0 Å². The Hall–Kier alpha value is -2.44. The SMILES string of the molecule is CC/C=C(\C)C(=O)NC1C2CC1N(C(=O)CCc1c(C)nc[nH]c1=O)C2. The van der Waals surface area contributed by atoms with Crippen LogP contribution < -0.4 is 10.9 Å². The van der Waals surface area contributed by atoms with Crippen LogP contribution in [0.15, 0.2) is 22.8 Å². The second-order valence-electron chi connectivity index (χ2n) is 7.20. The van der Waals surface area contributed by atoms with E-state index in [1.54, 1.807) is 6.92 Å². The van der Waals surface area contributed by atoms with Crippen molar-refractivity contribution in [3.8, 4) is 0 Å². The van der Waals surface area contributed by atoms with E-state index in [4.69, 9.17) is 0 Å². The summed E-state index contributed by atoms with van der Waals surface area (Å²) in [5.41, 5.74) is 1.77. The van der Waals surface area contributed by atoms with E-state index in [1.165, 1.54) is 6.33 Å². The van der Waals surface area contributed by atoms with E-state index in [0.717, 1.165) is 18.4 Å². The molecule has 2 saturated heterocycles. The summed E-state index contributed by atoms with van der Waals surface area (Å²) in [4.78, 5) is 45.2. The van der Waals surface area contributed by atoms with Crippen LogP contribution in [0.5, 0.6) is 0 Å². The van der Waals surface area contributed by atoms with Crippen LogP contribution in [-0.4, -0.2) is 45.3 Å². The fraction of sp³-hybridized carbons (Fsp3) is 0.579. The van der Waals surface area contributed by atoms with Gasteiger partial charge in [-0.15, -0.1) is 0 Å². The van der Waals surface area contributed by atoms with Crippen LogP contribution in [0, 0.1) is 12.8 Å². The lowest BCUT2D eigenvalue weighted by molar-refractivity contribution is -0.132. The van der Waals surface area contributed by atoms with E-state index in [9.17, 15) is 14.4 Å². The third kappa shape index (κ3) is 3.43. The van der Waals surface area contributed by atoms with Gasteiger partial charge >= 0.3 is 0 Å². The van der Waals surface area contributed by atoms with Gasteiger partial charge in [-0.05, 0) is 33.1 Å². The maximum absolute atomic E-state index is 12.6. The van der Waals surface area contributed by atoms with Crippen molar-refractivity contribution in [1.82, 2.24) is 20.2 Å². The Labute approximate surface area is 152 Å². The Morgan fingerprint density at radius 1 is 1.46 bits per heavy atom. The monoisotopic (exact) mass is 358 g/mol. The minimum absolute atomic E-state index is 0.0396. The summed E-state index contributed by atoms with van der Waals surface area (Å²) in [6, 6.07) is 0.134. The van der Waals surface area contributed by atoms with Crippen molar-refractivity contribution >= 4 is 11.8 Å². The molecule has 1 aromatic rings. The lowest BCUT2D eigenvalue weighted by Crippen LogP contribution is -2.55. The van der Waals surface area contributed by atoms with Crippen LogP contribution in [-0.2, 0) is 16.0 Å². The molecule has 2 aliphatic heterocycles. The van der Waals surface area contributed by atoms with Gasteiger partial charge in [0.15, 0.2) is 0 Å². The number of aryl methyl sites for hydroxylation is 1. The normalized spacial score (nSPS) is 24.3. The molecule has 140 valence electrons. The molecule has 0 radical (unpaired) electrons. The first kappa shape index (κ1) is 18.4. The van der Waals surface area contributed by atoms with Crippen LogP contribution >= 0.6 is 0 Å². The third-order valence-electron chi connectivity index (χ3n) is 5.54. The standard InChI is InChI=1S/C19H26N4O3/c1-4-5-11(2)18(25)22-17-13-8-15(17)23(9-13)16(24)7-6-14-12(3)20-10-21-19(14)26/h5,10,13,15,17H,4,6-9H2,1-3H3,(H,22,25)(H,20,21,26)/b11-5+.